The van der Waals surface area contributed by atoms with E-state index in [0.717, 1.165) is 17.7 Å². The van der Waals surface area contributed by atoms with E-state index in [4.69, 9.17) is 10.5 Å². The summed E-state index contributed by atoms with van der Waals surface area (Å²) in [5, 5.41) is 3.00. The fourth-order valence-electron chi connectivity index (χ4n) is 1.95. The molecule has 0 bridgehead atoms. The van der Waals surface area contributed by atoms with Crippen molar-refractivity contribution < 1.29 is 9.53 Å². The lowest BCUT2D eigenvalue weighted by Crippen LogP contribution is -2.30. The second-order valence-corrected chi connectivity index (χ2v) is 4.78. The lowest BCUT2D eigenvalue weighted by molar-refractivity contribution is -0.122. The molecule has 2 unspecified atom stereocenters. The largest absolute Gasteiger partial charge is 0.497 e. The minimum atomic E-state index is -0.0297. The predicted molar refractivity (Wildman–Crippen MR) is 77.0 cm³/mol. The molecule has 0 radical (unpaired) electrons. The SMILES string of the molecule is CCC(CN)CC(=O)NC(C)c1cccc(OC)c1. The average Bonchev–Trinajstić information content (AvgIpc) is 2.44. The number of nitrogens with two attached hydrogens (primary N) is 1. The van der Waals surface area contributed by atoms with E-state index >= 15 is 0 Å². The Morgan fingerprint density at radius 1 is 1.47 bits per heavy atom. The van der Waals surface area contributed by atoms with Gasteiger partial charge in [-0.3, -0.25) is 4.79 Å². The topological polar surface area (TPSA) is 64.4 Å². The third kappa shape index (κ3) is 4.91. The fraction of sp³-hybridized carbons (Fsp3) is 0.533. The summed E-state index contributed by atoms with van der Waals surface area (Å²) >= 11 is 0. The van der Waals surface area contributed by atoms with Crippen LogP contribution in [0.5, 0.6) is 5.75 Å². The van der Waals surface area contributed by atoms with Crippen LogP contribution in [0.1, 0.15) is 38.3 Å². The summed E-state index contributed by atoms with van der Waals surface area (Å²) in [6, 6.07) is 7.70. The standard InChI is InChI=1S/C15H24N2O2/c1-4-12(10-16)8-15(18)17-11(2)13-6-5-7-14(9-13)19-3/h5-7,9,11-12H,4,8,10,16H2,1-3H3,(H,17,18). The van der Waals surface area contributed by atoms with Gasteiger partial charge in [-0.2, -0.15) is 0 Å². The van der Waals surface area contributed by atoms with Gasteiger partial charge >= 0.3 is 0 Å². The van der Waals surface area contributed by atoms with Crippen LogP contribution in [0.3, 0.4) is 0 Å². The highest BCUT2D eigenvalue weighted by molar-refractivity contribution is 5.76. The molecular weight excluding hydrogens is 240 g/mol. The number of amides is 1. The Labute approximate surface area is 115 Å². The van der Waals surface area contributed by atoms with Gasteiger partial charge in [-0.1, -0.05) is 25.5 Å². The summed E-state index contributed by atoms with van der Waals surface area (Å²) in [7, 11) is 1.63. The minimum Gasteiger partial charge on any atom is -0.497 e. The second-order valence-electron chi connectivity index (χ2n) is 4.78. The molecule has 4 heteroatoms. The van der Waals surface area contributed by atoms with Crippen molar-refractivity contribution in [3.63, 3.8) is 0 Å². The van der Waals surface area contributed by atoms with Gasteiger partial charge in [0, 0.05) is 6.42 Å². The van der Waals surface area contributed by atoms with Gasteiger partial charge in [-0.05, 0) is 37.1 Å². The van der Waals surface area contributed by atoms with Gasteiger partial charge in [0.1, 0.15) is 5.75 Å². The Morgan fingerprint density at radius 3 is 2.79 bits per heavy atom. The molecule has 0 saturated heterocycles. The van der Waals surface area contributed by atoms with Crippen molar-refractivity contribution in [3.05, 3.63) is 29.8 Å². The maximum Gasteiger partial charge on any atom is 0.220 e. The number of hydrogen-bond donors (Lipinski definition) is 2. The highest BCUT2D eigenvalue weighted by atomic mass is 16.5. The zero-order valence-corrected chi connectivity index (χ0v) is 12.0. The van der Waals surface area contributed by atoms with E-state index in [9.17, 15) is 4.79 Å². The number of methoxy groups -OCH3 is 1. The molecule has 1 aromatic carbocycles. The summed E-state index contributed by atoms with van der Waals surface area (Å²) < 4.78 is 5.18. The van der Waals surface area contributed by atoms with Crippen LogP contribution in [0, 0.1) is 5.92 Å². The Kier molecular flexibility index (Phi) is 6.36. The normalized spacial score (nSPS) is 13.7. The van der Waals surface area contributed by atoms with Crippen LogP contribution in [-0.4, -0.2) is 19.6 Å². The highest BCUT2D eigenvalue weighted by Gasteiger charge is 2.14. The maximum absolute atomic E-state index is 11.9. The molecule has 0 fully saturated rings. The van der Waals surface area contributed by atoms with Gasteiger partial charge in [0.2, 0.25) is 5.91 Å². The zero-order chi connectivity index (χ0) is 14.3. The molecule has 106 valence electrons. The molecule has 0 aliphatic rings. The Morgan fingerprint density at radius 2 is 2.21 bits per heavy atom. The Hall–Kier alpha value is -1.55. The van der Waals surface area contributed by atoms with Crippen LogP contribution in [-0.2, 0) is 4.79 Å². The van der Waals surface area contributed by atoms with E-state index in [1.54, 1.807) is 7.11 Å². The monoisotopic (exact) mass is 264 g/mol. The molecule has 1 rings (SSSR count). The molecule has 19 heavy (non-hydrogen) atoms. The molecular formula is C15H24N2O2. The molecule has 0 spiro atoms. The van der Waals surface area contributed by atoms with E-state index in [0.29, 0.717) is 13.0 Å². The number of carbonyl (C=O) groups excluding carboxylic acids is 1. The first-order valence-corrected chi connectivity index (χ1v) is 6.74. The van der Waals surface area contributed by atoms with Crippen molar-refractivity contribution in [2.45, 2.75) is 32.7 Å². The van der Waals surface area contributed by atoms with Gasteiger partial charge in [-0.25, -0.2) is 0 Å². The van der Waals surface area contributed by atoms with E-state index < -0.39 is 0 Å². The molecule has 0 aliphatic carbocycles. The van der Waals surface area contributed by atoms with Gasteiger partial charge in [0.15, 0.2) is 0 Å². The summed E-state index contributed by atoms with van der Waals surface area (Å²) in [5.41, 5.74) is 6.65. The van der Waals surface area contributed by atoms with Crippen LogP contribution in [0.15, 0.2) is 24.3 Å². The number of nitrogens with one attached hydrogen (secondary N) is 1. The number of benzene rings is 1. The van der Waals surface area contributed by atoms with Crippen molar-refractivity contribution >= 4 is 5.91 Å². The fourth-order valence-corrected chi connectivity index (χ4v) is 1.95. The molecule has 0 saturated carbocycles. The average molecular weight is 264 g/mol. The van der Waals surface area contributed by atoms with Gasteiger partial charge in [0.25, 0.3) is 0 Å². The summed E-state index contributed by atoms with van der Waals surface area (Å²) in [6.07, 6.45) is 1.42. The van der Waals surface area contributed by atoms with Gasteiger partial charge < -0.3 is 15.8 Å². The molecule has 0 aromatic heterocycles. The molecule has 1 amide bonds. The number of ether oxygens (including phenoxy) is 1. The molecule has 2 atom stereocenters. The van der Waals surface area contributed by atoms with Crippen LogP contribution in [0.4, 0.5) is 0 Å². The molecule has 0 aliphatic heterocycles. The van der Waals surface area contributed by atoms with Crippen molar-refractivity contribution in [2.75, 3.05) is 13.7 Å². The molecule has 4 nitrogen and oxygen atoms in total. The molecule has 3 N–H and O–H groups in total. The number of carbonyl (C=O) groups is 1. The van der Waals surface area contributed by atoms with Crippen molar-refractivity contribution in [2.24, 2.45) is 11.7 Å². The van der Waals surface area contributed by atoms with Crippen LogP contribution in [0.2, 0.25) is 0 Å². The third-order valence-corrected chi connectivity index (χ3v) is 3.36. The van der Waals surface area contributed by atoms with E-state index in [2.05, 4.69) is 12.2 Å². The quantitative estimate of drug-likeness (QED) is 0.794. The van der Waals surface area contributed by atoms with E-state index in [-0.39, 0.29) is 17.9 Å². The highest BCUT2D eigenvalue weighted by Crippen LogP contribution is 2.19. The van der Waals surface area contributed by atoms with Crippen LogP contribution >= 0.6 is 0 Å². The first kappa shape index (κ1) is 15.5. The second kappa shape index (κ2) is 7.79. The summed E-state index contributed by atoms with van der Waals surface area (Å²) in [6.45, 7) is 4.57. The van der Waals surface area contributed by atoms with E-state index in [1.807, 2.05) is 31.2 Å². The Balaban J connectivity index is 2.58. The van der Waals surface area contributed by atoms with Crippen molar-refractivity contribution in [1.29, 1.82) is 0 Å². The van der Waals surface area contributed by atoms with E-state index in [1.165, 1.54) is 0 Å². The smallest absolute Gasteiger partial charge is 0.220 e. The summed E-state index contributed by atoms with van der Waals surface area (Å²) in [5.74, 6) is 1.11. The van der Waals surface area contributed by atoms with Crippen molar-refractivity contribution in [1.82, 2.24) is 5.32 Å². The number of hydrogen-bond acceptors (Lipinski definition) is 3. The summed E-state index contributed by atoms with van der Waals surface area (Å²) in [4.78, 5) is 11.9. The van der Waals surface area contributed by atoms with Crippen LogP contribution < -0.4 is 15.8 Å². The first-order valence-electron chi connectivity index (χ1n) is 6.74. The Bertz CT molecular complexity index is 403. The van der Waals surface area contributed by atoms with Crippen LogP contribution in [0.25, 0.3) is 0 Å². The third-order valence-electron chi connectivity index (χ3n) is 3.36. The zero-order valence-electron chi connectivity index (χ0n) is 12.0. The lowest BCUT2D eigenvalue weighted by Gasteiger charge is -2.17. The van der Waals surface area contributed by atoms with Gasteiger partial charge in [0.05, 0.1) is 13.2 Å². The maximum atomic E-state index is 11.9. The molecule has 1 aromatic rings. The lowest BCUT2D eigenvalue weighted by atomic mass is 10.0. The number of rotatable bonds is 7. The molecule has 0 heterocycles. The van der Waals surface area contributed by atoms with Gasteiger partial charge in [-0.15, -0.1) is 0 Å². The minimum absolute atomic E-state index is 0.0297. The predicted octanol–water partition coefficient (Wildman–Crippen LogP) is 2.25. The van der Waals surface area contributed by atoms with Crippen molar-refractivity contribution in [3.8, 4) is 5.75 Å². The first-order chi connectivity index (χ1) is 9.10.